The topological polar surface area (TPSA) is 105 Å². The van der Waals surface area contributed by atoms with Crippen molar-refractivity contribution in [3.8, 4) is 0 Å². The van der Waals surface area contributed by atoms with Gasteiger partial charge < -0.3 is 19.9 Å². The van der Waals surface area contributed by atoms with Crippen molar-refractivity contribution in [3.63, 3.8) is 0 Å². The number of carbonyl (C=O) groups is 3. The van der Waals surface area contributed by atoms with E-state index in [1.807, 2.05) is 44.2 Å². The molecule has 8 nitrogen and oxygen atoms in total. The normalized spacial score (nSPS) is 12.1. The molecule has 8 heteroatoms. The highest BCUT2D eigenvalue weighted by Gasteiger charge is 2.25. The Kier molecular flexibility index (Phi) is 8.85. The van der Waals surface area contributed by atoms with Crippen LogP contribution in [0.5, 0.6) is 0 Å². The molecular formula is C25H32N2O6. The molecule has 2 aromatic rings. The monoisotopic (exact) mass is 456 g/mol. The number of hydrogen-bond acceptors (Lipinski definition) is 5. The van der Waals surface area contributed by atoms with Crippen LogP contribution < -0.4 is 10.2 Å². The largest absolute Gasteiger partial charge is 0.480 e. The second-order valence-corrected chi connectivity index (χ2v) is 8.91. The summed E-state index contributed by atoms with van der Waals surface area (Å²) in [6, 6.07) is 15.0. The summed E-state index contributed by atoms with van der Waals surface area (Å²) in [7, 11) is 0. The molecule has 2 amide bonds. The van der Waals surface area contributed by atoms with Gasteiger partial charge in [0.1, 0.15) is 18.2 Å². The molecule has 0 aliphatic heterocycles. The summed E-state index contributed by atoms with van der Waals surface area (Å²) in [5.74, 6) is -1.17. The molecule has 0 unspecified atom stereocenters. The lowest BCUT2D eigenvalue weighted by Crippen LogP contribution is -2.44. The molecule has 2 rings (SSSR count). The van der Waals surface area contributed by atoms with Crippen LogP contribution in [-0.2, 0) is 27.3 Å². The molecule has 2 aromatic carbocycles. The zero-order valence-electron chi connectivity index (χ0n) is 19.7. The number of nitrogens with one attached hydrogen (secondary N) is 1. The first-order chi connectivity index (χ1) is 15.5. The number of aliphatic carboxylic acids is 1. The van der Waals surface area contributed by atoms with E-state index in [0.29, 0.717) is 11.3 Å². The summed E-state index contributed by atoms with van der Waals surface area (Å²) < 4.78 is 10.6. The molecule has 0 aliphatic carbocycles. The Hall–Kier alpha value is -3.55. The molecule has 178 valence electrons. The second kappa shape index (κ2) is 11.4. The predicted octanol–water partition coefficient (Wildman–Crippen LogP) is 4.76. The van der Waals surface area contributed by atoms with Crippen LogP contribution in [0.1, 0.15) is 45.7 Å². The number of hydrogen-bond donors (Lipinski definition) is 2. The third kappa shape index (κ3) is 8.48. The smallest absolute Gasteiger partial charge is 0.414 e. The fraction of sp³-hybridized carbons (Fsp3) is 0.400. The maximum atomic E-state index is 12.7. The molecule has 1 atom stereocenters. The molecule has 0 bridgehead atoms. The molecular weight excluding hydrogens is 424 g/mol. The molecule has 0 fully saturated rings. The number of carboxylic acids is 1. The molecule has 33 heavy (non-hydrogen) atoms. The van der Waals surface area contributed by atoms with Crippen molar-refractivity contribution in [2.75, 3.05) is 4.90 Å². The number of benzene rings is 2. The van der Waals surface area contributed by atoms with Crippen molar-refractivity contribution < 1.29 is 29.0 Å². The van der Waals surface area contributed by atoms with Crippen molar-refractivity contribution >= 4 is 23.8 Å². The number of rotatable bonds is 8. The van der Waals surface area contributed by atoms with Gasteiger partial charge in [0, 0.05) is 18.2 Å². The summed E-state index contributed by atoms with van der Waals surface area (Å²) in [6.07, 6.45) is -1.20. The number of anilines is 1. The zero-order valence-corrected chi connectivity index (χ0v) is 19.7. The van der Waals surface area contributed by atoms with Gasteiger partial charge in [-0.25, -0.2) is 14.4 Å². The fourth-order valence-corrected chi connectivity index (χ4v) is 3.08. The van der Waals surface area contributed by atoms with E-state index >= 15 is 0 Å². The Morgan fingerprint density at radius 1 is 0.970 bits per heavy atom. The Bertz CT molecular complexity index is 936. The Morgan fingerprint density at radius 3 is 2.09 bits per heavy atom. The maximum Gasteiger partial charge on any atom is 0.414 e. The highest BCUT2D eigenvalue weighted by atomic mass is 16.6. The summed E-state index contributed by atoms with van der Waals surface area (Å²) in [6.45, 7) is 9.02. The third-order valence-electron chi connectivity index (χ3n) is 4.56. The van der Waals surface area contributed by atoms with Crippen molar-refractivity contribution in [1.29, 1.82) is 0 Å². The van der Waals surface area contributed by atoms with Crippen molar-refractivity contribution in [2.45, 2.75) is 65.3 Å². The highest BCUT2D eigenvalue weighted by Crippen LogP contribution is 2.21. The van der Waals surface area contributed by atoms with E-state index in [2.05, 4.69) is 5.32 Å². The van der Waals surface area contributed by atoms with Gasteiger partial charge in [-0.05, 0) is 57.9 Å². The Morgan fingerprint density at radius 2 is 1.58 bits per heavy atom. The van der Waals surface area contributed by atoms with Crippen molar-refractivity contribution in [2.24, 2.45) is 0 Å². The lowest BCUT2D eigenvalue weighted by molar-refractivity contribution is -0.139. The molecule has 0 heterocycles. The minimum absolute atomic E-state index is 0.0645. The van der Waals surface area contributed by atoms with Crippen LogP contribution in [0.15, 0.2) is 54.6 Å². The van der Waals surface area contributed by atoms with Crippen LogP contribution in [0.25, 0.3) is 0 Å². The number of carbonyl (C=O) groups excluding carboxylic acids is 2. The van der Waals surface area contributed by atoms with Gasteiger partial charge in [0.2, 0.25) is 0 Å². The molecule has 0 radical (unpaired) electrons. The summed E-state index contributed by atoms with van der Waals surface area (Å²) in [5.41, 5.74) is 1.47. The predicted molar refractivity (Wildman–Crippen MR) is 125 cm³/mol. The van der Waals surface area contributed by atoms with Gasteiger partial charge in [0.05, 0.1) is 0 Å². The second-order valence-electron chi connectivity index (χ2n) is 8.91. The van der Waals surface area contributed by atoms with Crippen molar-refractivity contribution in [1.82, 2.24) is 5.32 Å². The van der Waals surface area contributed by atoms with Gasteiger partial charge >= 0.3 is 18.2 Å². The van der Waals surface area contributed by atoms with Crippen LogP contribution in [0, 0.1) is 0 Å². The standard InChI is InChI=1S/C25H32N2O6/c1-17(2)27(24(31)32-16-19-9-7-6-8-10-19)20-13-11-18(12-14-20)15-21(22(28)29)26-23(30)33-25(3,4)5/h6-14,17,21H,15-16H2,1-5H3,(H,26,30)(H,28,29)/t21-/m0/s1. The van der Waals surface area contributed by atoms with Gasteiger partial charge in [-0.1, -0.05) is 42.5 Å². The number of amides is 2. The fourth-order valence-electron chi connectivity index (χ4n) is 3.08. The average Bonchev–Trinajstić information content (AvgIpc) is 2.72. The minimum atomic E-state index is -1.17. The Labute approximate surface area is 194 Å². The van der Waals surface area contributed by atoms with Crippen LogP contribution >= 0.6 is 0 Å². The number of alkyl carbamates (subject to hydrolysis) is 1. The first-order valence-corrected chi connectivity index (χ1v) is 10.8. The quantitative estimate of drug-likeness (QED) is 0.593. The molecule has 2 N–H and O–H groups in total. The average molecular weight is 457 g/mol. The van der Waals surface area contributed by atoms with Crippen LogP contribution in [-0.4, -0.2) is 40.9 Å². The van der Waals surface area contributed by atoms with E-state index in [0.717, 1.165) is 5.56 Å². The highest BCUT2D eigenvalue weighted by molar-refractivity contribution is 5.88. The van der Waals surface area contributed by atoms with E-state index in [-0.39, 0.29) is 19.1 Å². The first kappa shape index (κ1) is 25.7. The van der Waals surface area contributed by atoms with E-state index in [1.54, 1.807) is 45.0 Å². The van der Waals surface area contributed by atoms with Gasteiger partial charge in [0.15, 0.2) is 0 Å². The maximum absolute atomic E-state index is 12.7. The van der Waals surface area contributed by atoms with Gasteiger partial charge in [-0.15, -0.1) is 0 Å². The van der Waals surface area contributed by atoms with Gasteiger partial charge in [-0.2, -0.15) is 0 Å². The number of ether oxygens (including phenoxy) is 2. The van der Waals surface area contributed by atoms with Crippen LogP contribution in [0.4, 0.5) is 15.3 Å². The van der Waals surface area contributed by atoms with Crippen LogP contribution in [0.2, 0.25) is 0 Å². The molecule has 0 saturated heterocycles. The SMILES string of the molecule is CC(C)N(C(=O)OCc1ccccc1)c1ccc(C[C@H](NC(=O)OC(C)(C)C)C(=O)O)cc1. The molecule has 0 aromatic heterocycles. The van der Waals surface area contributed by atoms with E-state index < -0.39 is 29.8 Å². The molecule has 0 saturated carbocycles. The summed E-state index contributed by atoms with van der Waals surface area (Å²) in [4.78, 5) is 37.8. The third-order valence-corrected chi connectivity index (χ3v) is 4.56. The van der Waals surface area contributed by atoms with E-state index in [4.69, 9.17) is 9.47 Å². The van der Waals surface area contributed by atoms with E-state index in [1.165, 1.54) is 4.90 Å². The Balaban J connectivity index is 2.06. The number of nitrogens with zero attached hydrogens (tertiary/aromatic N) is 1. The van der Waals surface area contributed by atoms with Crippen LogP contribution in [0.3, 0.4) is 0 Å². The molecule has 0 spiro atoms. The lowest BCUT2D eigenvalue weighted by Gasteiger charge is -2.26. The first-order valence-electron chi connectivity index (χ1n) is 10.8. The van der Waals surface area contributed by atoms with Crippen molar-refractivity contribution in [3.05, 3.63) is 65.7 Å². The summed E-state index contributed by atoms with van der Waals surface area (Å²) >= 11 is 0. The molecule has 0 aliphatic rings. The van der Waals surface area contributed by atoms with E-state index in [9.17, 15) is 19.5 Å². The van der Waals surface area contributed by atoms with Gasteiger partial charge in [-0.3, -0.25) is 4.90 Å². The van der Waals surface area contributed by atoms with Gasteiger partial charge in [0.25, 0.3) is 0 Å². The summed E-state index contributed by atoms with van der Waals surface area (Å²) in [5, 5.41) is 11.9. The lowest BCUT2D eigenvalue weighted by atomic mass is 10.1. The minimum Gasteiger partial charge on any atom is -0.480 e. The zero-order chi connectivity index (χ0) is 24.6. The number of carboxylic acid groups (broad SMARTS) is 1.